The lowest BCUT2D eigenvalue weighted by Crippen LogP contribution is -2.50. The number of azide groups is 1. The molecule has 2 aromatic carbocycles. The van der Waals surface area contributed by atoms with Crippen LogP contribution >= 0.6 is 0 Å². The van der Waals surface area contributed by atoms with Crippen molar-refractivity contribution in [3.8, 4) is 0 Å². The lowest BCUT2D eigenvalue weighted by molar-refractivity contribution is -0.118. The number of nitrogens with zero attached hydrogens (tertiary/aromatic N) is 4. The topological polar surface area (TPSA) is 126 Å². The molecule has 2 aromatic rings. The standard InChI is InChI=1S/C32H41F2N5O5/c1-31(2,3)44-30(41)39-23(19-43-32(39,4)5)13-14-24-25(34)7-6-8-26(24)36-29(40)28(37-38-35)27(21-15-17-42-18-16-21)20-9-11-22(33)12-10-20/h6-12,21,23,27-28H,13-19H2,1-5H3,(H,36,40)/t23-,27-,28-/m0/s1. The highest BCUT2D eigenvalue weighted by atomic mass is 19.1. The van der Waals surface area contributed by atoms with Crippen molar-refractivity contribution in [3.05, 3.63) is 75.7 Å². The van der Waals surface area contributed by atoms with Crippen LogP contribution in [0, 0.1) is 17.6 Å². The number of halogens is 2. The number of nitrogens with one attached hydrogen (secondary N) is 1. The fourth-order valence-electron chi connectivity index (χ4n) is 6.04. The summed E-state index contributed by atoms with van der Waals surface area (Å²) in [5, 5.41) is 6.70. The predicted octanol–water partition coefficient (Wildman–Crippen LogP) is 7.10. The summed E-state index contributed by atoms with van der Waals surface area (Å²) in [6.07, 6.45) is 1.26. The van der Waals surface area contributed by atoms with Crippen molar-refractivity contribution in [3.63, 3.8) is 0 Å². The summed E-state index contributed by atoms with van der Waals surface area (Å²) in [5.74, 6) is -2.16. The van der Waals surface area contributed by atoms with Gasteiger partial charge in [0.2, 0.25) is 5.91 Å². The number of anilines is 1. The minimum absolute atomic E-state index is 0.0630. The second-order valence-electron chi connectivity index (χ2n) is 12.7. The van der Waals surface area contributed by atoms with Crippen molar-refractivity contribution in [2.24, 2.45) is 11.0 Å². The van der Waals surface area contributed by atoms with Crippen molar-refractivity contribution in [1.29, 1.82) is 0 Å². The molecule has 44 heavy (non-hydrogen) atoms. The van der Waals surface area contributed by atoms with Gasteiger partial charge in [-0.25, -0.2) is 13.6 Å². The average molecular weight is 614 g/mol. The molecule has 4 rings (SSSR count). The minimum Gasteiger partial charge on any atom is -0.444 e. The van der Waals surface area contributed by atoms with Gasteiger partial charge in [0.25, 0.3) is 0 Å². The van der Waals surface area contributed by atoms with E-state index in [2.05, 4.69) is 15.3 Å². The molecule has 2 saturated heterocycles. The monoisotopic (exact) mass is 613 g/mol. The Morgan fingerprint density at radius 1 is 1.16 bits per heavy atom. The van der Waals surface area contributed by atoms with E-state index in [0.29, 0.717) is 38.0 Å². The van der Waals surface area contributed by atoms with Crippen LogP contribution in [-0.2, 0) is 25.4 Å². The van der Waals surface area contributed by atoms with Crippen molar-refractivity contribution < 1.29 is 32.6 Å². The number of carbonyl (C=O) groups is 2. The molecule has 0 aliphatic carbocycles. The van der Waals surface area contributed by atoms with Gasteiger partial charge in [-0.05, 0) is 102 Å². The summed E-state index contributed by atoms with van der Waals surface area (Å²) >= 11 is 0. The number of benzene rings is 2. The highest BCUT2D eigenvalue weighted by Gasteiger charge is 2.45. The number of ether oxygens (including phenoxy) is 3. The number of hydrogen-bond acceptors (Lipinski definition) is 6. The SMILES string of the molecule is CC(C)(C)OC(=O)N1[C@@H](CCc2c(F)cccc2NC(=O)[C@@H](N=[N+]=[N-])[C@@H](c2ccc(F)cc2)C2CCOCC2)COC1(C)C. The van der Waals surface area contributed by atoms with Gasteiger partial charge >= 0.3 is 6.09 Å². The summed E-state index contributed by atoms with van der Waals surface area (Å²) in [7, 11) is 0. The molecule has 0 saturated carbocycles. The number of rotatable bonds is 9. The van der Waals surface area contributed by atoms with E-state index in [4.69, 9.17) is 14.2 Å². The van der Waals surface area contributed by atoms with Crippen LogP contribution in [0.1, 0.15) is 70.9 Å². The number of hydrogen-bond donors (Lipinski definition) is 1. The Morgan fingerprint density at radius 3 is 2.48 bits per heavy atom. The Bertz CT molecular complexity index is 1370. The third-order valence-electron chi connectivity index (χ3n) is 8.08. The third-order valence-corrected chi connectivity index (χ3v) is 8.08. The maximum Gasteiger partial charge on any atom is 0.412 e. The Morgan fingerprint density at radius 2 is 1.84 bits per heavy atom. The van der Waals surface area contributed by atoms with Crippen LogP contribution in [0.3, 0.4) is 0 Å². The summed E-state index contributed by atoms with van der Waals surface area (Å²) in [4.78, 5) is 31.4. The van der Waals surface area contributed by atoms with Crippen molar-refractivity contribution in [2.75, 3.05) is 25.1 Å². The van der Waals surface area contributed by atoms with Crippen molar-refractivity contribution >= 4 is 17.7 Å². The predicted molar refractivity (Wildman–Crippen MR) is 161 cm³/mol. The van der Waals surface area contributed by atoms with Gasteiger partial charge in [-0.15, -0.1) is 0 Å². The number of carbonyl (C=O) groups excluding carboxylic acids is 2. The van der Waals surface area contributed by atoms with Crippen LogP contribution in [-0.4, -0.2) is 60.1 Å². The van der Waals surface area contributed by atoms with E-state index in [0.717, 1.165) is 0 Å². The van der Waals surface area contributed by atoms with E-state index in [1.807, 2.05) is 0 Å². The molecule has 0 bridgehead atoms. The van der Waals surface area contributed by atoms with Gasteiger partial charge in [-0.2, -0.15) is 0 Å². The number of amides is 2. The van der Waals surface area contributed by atoms with Crippen LogP contribution < -0.4 is 5.32 Å². The van der Waals surface area contributed by atoms with Gasteiger partial charge in [-0.1, -0.05) is 23.3 Å². The normalized spacial score (nSPS) is 20.0. The van der Waals surface area contributed by atoms with Crippen LogP contribution in [0.4, 0.5) is 19.3 Å². The maximum absolute atomic E-state index is 15.3. The zero-order valence-electron chi connectivity index (χ0n) is 25.9. The quantitative estimate of drug-likeness (QED) is 0.183. The molecule has 0 unspecified atom stereocenters. The first-order valence-electron chi connectivity index (χ1n) is 14.9. The van der Waals surface area contributed by atoms with Gasteiger partial charge in [-0.3, -0.25) is 9.69 Å². The van der Waals surface area contributed by atoms with Gasteiger partial charge in [0, 0.05) is 35.3 Å². The second kappa shape index (κ2) is 13.9. The fourth-order valence-corrected chi connectivity index (χ4v) is 6.04. The van der Waals surface area contributed by atoms with Crippen molar-refractivity contribution in [1.82, 2.24) is 4.90 Å². The van der Waals surface area contributed by atoms with Crippen LogP contribution in [0.2, 0.25) is 0 Å². The Balaban J connectivity index is 1.58. The Labute approximate surface area is 256 Å². The van der Waals surface area contributed by atoms with Crippen molar-refractivity contribution in [2.45, 2.75) is 89.6 Å². The zero-order chi connectivity index (χ0) is 32.1. The molecule has 10 nitrogen and oxygen atoms in total. The maximum atomic E-state index is 15.3. The van der Waals surface area contributed by atoms with Crippen LogP contribution in [0.5, 0.6) is 0 Å². The highest BCUT2D eigenvalue weighted by Crippen LogP contribution is 2.38. The van der Waals surface area contributed by atoms with E-state index in [-0.39, 0.29) is 30.2 Å². The summed E-state index contributed by atoms with van der Waals surface area (Å²) in [5.41, 5.74) is 8.98. The Kier molecular flexibility index (Phi) is 10.5. The lowest BCUT2D eigenvalue weighted by atomic mass is 9.76. The van der Waals surface area contributed by atoms with Gasteiger partial charge < -0.3 is 19.5 Å². The zero-order valence-corrected chi connectivity index (χ0v) is 25.9. The van der Waals surface area contributed by atoms with Gasteiger partial charge in [0.15, 0.2) is 0 Å². The lowest BCUT2D eigenvalue weighted by Gasteiger charge is -2.35. The third kappa shape index (κ3) is 8.05. The average Bonchev–Trinajstić information content (AvgIpc) is 3.27. The highest BCUT2D eigenvalue weighted by molar-refractivity contribution is 5.96. The molecule has 0 radical (unpaired) electrons. The molecule has 2 aliphatic heterocycles. The van der Waals surface area contributed by atoms with E-state index < -0.39 is 53.0 Å². The summed E-state index contributed by atoms with van der Waals surface area (Å²) in [6.45, 7) is 10.1. The molecule has 2 heterocycles. The minimum atomic E-state index is -1.18. The van der Waals surface area contributed by atoms with E-state index in [1.165, 1.54) is 29.2 Å². The molecular formula is C32H41F2N5O5. The Hall–Kier alpha value is -3.73. The van der Waals surface area contributed by atoms with Crippen LogP contribution in [0.25, 0.3) is 10.4 Å². The molecule has 1 N–H and O–H groups in total. The fraction of sp³-hybridized carbons (Fsp3) is 0.562. The summed E-state index contributed by atoms with van der Waals surface area (Å²) in [6, 6.07) is 8.62. The summed E-state index contributed by atoms with van der Waals surface area (Å²) < 4.78 is 46.1. The molecule has 12 heteroatoms. The molecule has 0 aromatic heterocycles. The molecule has 238 valence electrons. The molecule has 0 spiro atoms. The second-order valence-corrected chi connectivity index (χ2v) is 12.7. The van der Waals surface area contributed by atoms with E-state index in [1.54, 1.807) is 52.8 Å². The van der Waals surface area contributed by atoms with Crippen LogP contribution in [0.15, 0.2) is 47.6 Å². The largest absolute Gasteiger partial charge is 0.444 e. The molecular weight excluding hydrogens is 572 g/mol. The smallest absolute Gasteiger partial charge is 0.412 e. The van der Waals surface area contributed by atoms with E-state index >= 15 is 4.39 Å². The first-order valence-corrected chi connectivity index (χ1v) is 14.9. The molecule has 2 aliphatic rings. The first-order chi connectivity index (χ1) is 20.8. The van der Waals surface area contributed by atoms with Gasteiger partial charge in [0.1, 0.15) is 29.0 Å². The molecule has 2 fully saturated rings. The van der Waals surface area contributed by atoms with E-state index in [9.17, 15) is 19.5 Å². The van der Waals surface area contributed by atoms with Gasteiger partial charge in [0.05, 0.1) is 12.6 Å². The molecule has 3 atom stereocenters. The first kappa shape index (κ1) is 33.2. The molecule has 2 amide bonds.